The fourth-order valence-corrected chi connectivity index (χ4v) is 1.99. The number of ether oxygens (including phenoxy) is 5. The van der Waals surface area contributed by atoms with E-state index in [1.54, 1.807) is 0 Å². The maximum absolute atomic E-state index is 13.6. The Balaban J connectivity index is 2.66. The molecule has 0 saturated heterocycles. The molecule has 6 nitrogen and oxygen atoms in total. The van der Waals surface area contributed by atoms with Crippen LogP contribution >= 0.6 is 0 Å². The van der Waals surface area contributed by atoms with Crippen LogP contribution in [0, 0.1) is 0 Å². The van der Waals surface area contributed by atoms with Gasteiger partial charge in [0.25, 0.3) is 0 Å². The molecule has 0 amide bonds. The summed E-state index contributed by atoms with van der Waals surface area (Å²) in [6.45, 7) is -3.69. The van der Waals surface area contributed by atoms with E-state index >= 15 is 0 Å². The first-order chi connectivity index (χ1) is 15.9. The van der Waals surface area contributed by atoms with Gasteiger partial charge in [-0.05, 0) is 24.3 Å². The average molecular weight is 538 g/mol. The van der Waals surface area contributed by atoms with E-state index in [1.807, 2.05) is 4.74 Å². The maximum Gasteiger partial charge on any atom is 0.433 e. The molecule has 0 aliphatic heterocycles. The molecule has 0 heterocycles. The molecule has 0 radical (unpaired) electrons. The molecule has 0 fully saturated rings. The van der Waals surface area contributed by atoms with Gasteiger partial charge < -0.3 is 19.3 Å². The van der Waals surface area contributed by atoms with Crippen LogP contribution in [0.15, 0.2) is 37.1 Å². The first-order valence-electron chi connectivity index (χ1n) is 8.98. The van der Waals surface area contributed by atoms with Crippen molar-refractivity contribution in [1.82, 2.24) is 0 Å². The van der Waals surface area contributed by atoms with Crippen molar-refractivity contribution in [3.63, 3.8) is 0 Å². The molecule has 17 heteroatoms. The van der Waals surface area contributed by atoms with Crippen molar-refractivity contribution in [3.8, 4) is 11.5 Å². The zero-order chi connectivity index (χ0) is 27.1. The summed E-state index contributed by atoms with van der Waals surface area (Å²) in [7, 11) is 0. The van der Waals surface area contributed by atoms with Crippen molar-refractivity contribution >= 4 is 0 Å². The molecular weight excluding hydrogens is 521 g/mol. The second-order valence-corrected chi connectivity index (χ2v) is 6.42. The molecule has 1 rings (SSSR count). The fourth-order valence-electron chi connectivity index (χ4n) is 1.99. The molecular formula is C18H17F11O6. The Morgan fingerprint density at radius 2 is 1.37 bits per heavy atom. The van der Waals surface area contributed by atoms with Gasteiger partial charge in [-0.1, -0.05) is 6.58 Å². The number of hydrogen-bond donors (Lipinski definition) is 1. The standard InChI is InChI=1S/C18H17F11O6/c1-2-32-12-3-5-13(6-4-12)33-8-11(30)7-31-9-14(20,21)16(24,25)35-18(28,29)15(22,23)17(26,27)34-10-19/h2-6,11,30H,1,7-10H2. The van der Waals surface area contributed by atoms with E-state index in [4.69, 9.17) is 9.47 Å². The minimum Gasteiger partial charge on any atom is -0.491 e. The van der Waals surface area contributed by atoms with Crippen LogP contribution in [0.4, 0.5) is 48.3 Å². The van der Waals surface area contributed by atoms with Crippen LogP contribution in [-0.4, -0.2) is 68.1 Å². The number of alkyl halides is 11. The summed E-state index contributed by atoms with van der Waals surface area (Å²) in [5.74, 6) is -12.3. The van der Waals surface area contributed by atoms with Gasteiger partial charge in [-0.3, -0.25) is 4.74 Å². The number of aliphatic hydroxyl groups excluding tert-OH is 1. The summed E-state index contributed by atoms with van der Waals surface area (Å²) in [6.07, 6.45) is -20.5. The van der Waals surface area contributed by atoms with Crippen molar-refractivity contribution in [2.45, 2.75) is 36.3 Å². The Morgan fingerprint density at radius 1 is 0.829 bits per heavy atom. The highest BCUT2D eigenvalue weighted by Gasteiger charge is 2.78. The van der Waals surface area contributed by atoms with E-state index in [9.17, 15) is 53.4 Å². The quantitative estimate of drug-likeness (QED) is 0.237. The molecule has 0 aromatic heterocycles. The van der Waals surface area contributed by atoms with Gasteiger partial charge >= 0.3 is 30.2 Å². The topological polar surface area (TPSA) is 66.4 Å². The number of aliphatic hydroxyl groups is 1. The SMILES string of the molecule is C=COc1ccc(OCC(O)COCC(F)(F)C(F)(F)OC(F)(F)C(F)(F)C(F)(F)OCF)cc1. The van der Waals surface area contributed by atoms with Crippen LogP contribution in [0.5, 0.6) is 11.5 Å². The van der Waals surface area contributed by atoms with E-state index in [0.717, 1.165) is 6.26 Å². The molecule has 0 aliphatic carbocycles. The van der Waals surface area contributed by atoms with E-state index in [1.165, 1.54) is 24.3 Å². The van der Waals surface area contributed by atoms with E-state index in [-0.39, 0.29) is 5.75 Å². The highest BCUT2D eigenvalue weighted by atomic mass is 19.4. The second-order valence-electron chi connectivity index (χ2n) is 6.42. The van der Waals surface area contributed by atoms with Gasteiger partial charge in [0.1, 0.15) is 30.8 Å². The fraction of sp³-hybridized carbons (Fsp3) is 0.556. The summed E-state index contributed by atoms with van der Waals surface area (Å²) in [4.78, 5) is 0. The van der Waals surface area contributed by atoms with Gasteiger partial charge in [-0.25, -0.2) is 9.13 Å². The molecule has 0 saturated carbocycles. The molecule has 1 unspecified atom stereocenters. The van der Waals surface area contributed by atoms with Crippen molar-refractivity contribution in [3.05, 3.63) is 37.1 Å². The largest absolute Gasteiger partial charge is 0.491 e. The van der Waals surface area contributed by atoms with Crippen molar-refractivity contribution in [2.24, 2.45) is 0 Å². The maximum atomic E-state index is 13.6. The molecule has 0 bridgehead atoms. The van der Waals surface area contributed by atoms with E-state index in [0.29, 0.717) is 5.75 Å². The van der Waals surface area contributed by atoms with E-state index in [2.05, 4.69) is 16.1 Å². The lowest BCUT2D eigenvalue weighted by molar-refractivity contribution is -0.509. The number of rotatable bonds is 16. The third-order valence-electron chi connectivity index (χ3n) is 3.73. The number of halogens is 11. The molecule has 35 heavy (non-hydrogen) atoms. The van der Waals surface area contributed by atoms with Crippen molar-refractivity contribution in [2.75, 3.05) is 26.7 Å². The van der Waals surface area contributed by atoms with E-state index < -0.39 is 63.0 Å². The Labute approximate surface area is 189 Å². The van der Waals surface area contributed by atoms with Crippen molar-refractivity contribution < 1.29 is 77.1 Å². The highest BCUT2D eigenvalue weighted by Crippen LogP contribution is 2.51. The number of hydrogen-bond acceptors (Lipinski definition) is 6. The Hall–Kier alpha value is -2.37. The Kier molecular flexibility index (Phi) is 10.1. The lowest BCUT2D eigenvalue weighted by Gasteiger charge is -2.34. The molecule has 1 aromatic rings. The Morgan fingerprint density at radius 3 is 1.89 bits per heavy atom. The van der Waals surface area contributed by atoms with Crippen LogP contribution < -0.4 is 9.47 Å². The summed E-state index contributed by atoms with van der Waals surface area (Å²) in [5.41, 5.74) is 0. The van der Waals surface area contributed by atoms with Crippen LogP contribution in [0.2, 0.25) is 0 Å². The van der Waals surface area contributed by atoms with Gasteiger partial charge in [0.15, 0.2) is 6.86 Å². The third kappa shape index (κ3) is 7.81. The molecule has 1 N–H and O–H groups in total. The lowest BCUT2D eigenvalue weighted by atomic mass is 10.2. The van der Waals surface area contributed by atoms with Gasteiger partial charge in [0.05, 0.1) is 12.9 Å². The van der Waals surface area contributed by atoms with Gasteiger partial charge in [0.2, 0.25) is 0 Å². The molecule has 202 valence electrons. The summed E-state index contributed by atoms with van der Waals surface area (Å²) in [6, 6.07) is 5.55. The van der Waals surface area contributed by atoms with Crippen LogP contribution in [-0.2, 0) is 14.2 Å². The van der Waals surface area contributed by atoms with Crippen molar-refractivity contribution in [1.29, 1.82) is 0 Å². The first kappa shape index (κ1) is 30.7. The predicted octanol–water partition coefficient (Wildman–Crippen LogP) is 4.97. The minimum atomic E-state index is -6.99. The smallest absolute Gasteiger partial charge is 0.433 e. The summed E-state index contributed by atoms with van der Waals surface area (Å²) >= 11 is 0. The molecule has 1 atom stereocenters. The van der Waals surface area contributed by atoms with Gasteiger partial charge in [0, 0.05) is 0 Å². The van der Waals surface area contributed by atoms with Crippen LogP contribution in [0.25, 0.3) is 0 Å². The zero-order valence-electron chi connectivity index (χ0n) is 17.1. The van der Waals surface area contributed by atoms with Gasteiger partial charge in [-0.2, -0.15) is 43.9 Å². The molecule has 0 aliphatic rings. The zero-order valence-corrected chi connectivity index (χ0v) is 17.1. The highest BCUT2D eigenvalue weighted by molar-refractivity contribution is 5.31. The number of benzene rings is 1. The average Bonchev–Trinajstić information content (AvgIpc) is 2.72. The predicted molar refractivity (Wildman–Crippen MR) is 92.5 cm³/mol. The summed E-state index contributed by atoms with van der Waals surface area (Å²) < 4.78 is 163. The Bertz CT molecular complexity index is 805. The monoisotopic (exact) mass is 538 g/mol. The first-order valence-corrected chi connectivity index (χ1v) is 8.98. The van der Waals surface area contributed by atoms with Crippen LogP contribution in [0.3, 0.4) is 0 Å². The second kappa shape index (κ2) is 11.6. The normalized spacial score (nSPS) is 14.5. The molecule has 1 aromatic carbocycles. The van der Waals surface area contributed by atoms with Crippen LogP contribution in [0.1, 0.15) is 0 Å². The summed E-state index contributed by atoms with van der Waals surface area (Å²) in [5, 5.41) is 9.58. The minimum absolute atomic E-state index is 0.141. The third-order valence-corrected chi connectivity index (χ3v) is 3.73. The van der Waals surface area contributed by atoms with Gasteiger partial charge in [-0.15, -0.1) is 0 Å². The molecule has 0 spiro atoms. The lowest BCUT2D eigenvalue weighted by Crippen LogP contribution is -2.61.